The van der Waals surface area contributed by atoms with Crippen LogP contribution < -0.4 is 10.1 Å². The molecule has 1 aliphatic rings. The second-order valence-corrected chi connectivity index (χ2v) is 7.06. The number of piperazine rings is 1. The predicted octanol–water partition coefficient (Wildman–Crippen LogP) is 2.48. The maximum absolute atomic E-state index is 12.8. The summed E-state index contributed by atoms with van der Waals surface area (Å²) in [5, 5.41) is 3.18. The van der Waals surface area contributed by atoms with Crippen LogP contribution in [0.15, 0.2) is 18.2 Å². The van der Waals surface area contributed by atoms with E-state index >= 15 is 0 Å². The summed E-state index contributed by atoms with van der Waals surface area (Å²) in [6.45, 7) is 9.38. The highest BCUT2D eigenvalue weighted by Gasteiger charge is 2.40. The Labute approximate surface area is 154 Å². The van der Waals surface area contributed by atoms with Crippen molar-refractivity contribution in [2.24, 2.45) is 5.41 Å². The van der Waals surface area contributed by atoms with Gasteiger partial charge in [-0.3, -0.25) is 9.59 Å². The molecule has 1 aromatic rings. The topological polar surface area (TPSA) is 61.9 Å². The van der Waals surface area contributed by atoms with Crippen molar-refractivity contribution in [2.45, 2.75) is 20.8 Å². The molecule has 7 heteroatoms. The molecule has 0 aromatic heterocycles. The number of anilines is 1. The molecular weight excluding hydrogens is 342 g/mol. The number of rotatable bonds is 5. The fourth-order valence-corrected chi connectivity index (χ4v) is 3.05. The van der Waals surface area contributed by atoms with E-state index in [0.717, 1.165) is 19.6 Å². The lowest BCUT2D eigenvalue weighted by Gasteiger charge is -2.37. The van der Waals surface area contributed by atoms with Crippen LogP contribution in [-0.4, -0.2) is 61.4 Å². The second kappa shape index (κ2) is 8.06. The average Bonchev–Trinajstić information content (AvgIpc) is 2.61. The number of halogens is 1. The molecule has 6 nitrogen and oxygen atoms in total. The van der Waals surface area contributed by atoms with Crippen LogP contribution in [0.25, 0.3) is 0 Å². The standard InChI is InChI=1S/C18H26ClN3O3/c1-5-21-8-10-22(11-9-21)17(24)18(2,3)16(23)20-13-6-7-15(25-4)14(19)12-13/h6-7,12H,5,8-11H2,1-4H3,(H,20,23). The number of carbonyl (C=O) groups is 2. The number of likely N-dealkylation sites (N-methyl/N-ethyl adjacent to an activating group) is 1. The van der Waals surface area contributed by atoms with Crippen molar-refractivity contribution in [3.8, 4) is 5.75 Å². The van der Waals surface area contributed by atoms with E-state index in [1.165, 1.54) is 7.11 Å². The molecule has 0 saturated carbocycles. The first kappa shape index (κ1) is 19.5. The molecule has 1 aliphatic heterocycles. The van der Waals surface area contributed by atoms with Crippen LogP contribution in [-0.2, 0) is 9.59 Å². The van der Waals surface area contributed by atoms with Gasteiger partial charge in [-0.25, -0.2) is 0 Å². The molecule has 0 aliphatic carbocycles. The van der Waals surface area contributed by atoms with Gasteiger partial charge >= 0.3 is 0 Å². The minimum absolute atomic E-state index is 0.152. The van der Waals surface area contributed by atoms with Crippen LogP contribution in [0.1, 0.15) is 20.8 Å². The van der Waals surface area contributed by atoms with E-state index in [1.54, 1.807) is 36.9 Å². The molecule has 1 N–H and O–H groups in total. The largest absolute Gasteiger partial charge is 0.495 e. The van der Waals surface area contributed by atoms with Crippen LogP contribution in [0.2, 0.25) is 5.02 Å². The summed E-state index contributed by atoms with van der Waals surface area (Å²) in [5.41, 5.74) is -0.617. The van der Waals surface area contributed by atoms with Gasteiger partial charge in [-0.15, -0.1) is 0 Å². The minimum Gasteiger partial charge on any atom is -0.495 e. The molecular formula is C18H26ClN3O3. The molecule has 0 radical (unpaired) electrons. The van der Waals surface area contributed by atoms with E-state index in [4.69, 9.17) is 16.3 Å². The Morgan fingerprint density at radius 3 is 2.40 bits per heavy atom. The molecule has 0 spiro atoms. The predicted molar refractivity (Wildman–Crippen MR) is 99.1 cm³/mol. The third-order valence-corrected chi connectivity index (χ3v) is 4.91. The van der Waals surface area contributed by atoms with Gasteiger partial charge in [0.2, 0.25) is 11.8 Å². The van der Waals surface area contributed by atoms with Crippen molar-refractivity contribution in [1.82, 2.24) is 9.80 Å². The van der Waals surface area contributed by atoms with Gasteiger partial charge in [-0.05, 0) is 38.6 Å². The van der Waals surface area contributed by atoms with Gasteiger partial charge in [0.15, 0.2) is 0 Å². The summed E-state index contributed by atoms with van der Waals surface area (Å²) < 4.78 is 5.10. The Morgan fingerprint density at radius 2 is 1.88 bits per heavy atom. The maximum atomic E-state index is 12.8. The molecule has 0 atom stereocenters. The zero-order valence-corrected chi connectivity index (χ0v) is 16.0. The molecule has 0 bridgehead atoms. The Kier molecular flexibility index (Phi) is 6.30. The molecule has 1 aromatic carbocycles. The number of ether oxygens (including phenoxy) is 1. The lowest BCUT2D eigenvalue weighted by molar-refractivity contribution is -0.147. The normalized spacial score (nSPS) is 15.8. The summed E-state index contributed by atoms with van der Waals surface area (Å²) in [6.07, 6.45) is 0. The Morgan fingerprint density at radius 1 is 1.24 bits per heavy atom. The van der Waals surface area contributed by atoms with Gasteiger partial charge in [0.05, 0.1) is 12.1 Å². The number of nitrogens with zero attached hydrogens (tertiary/aromatic N) is 2. The highest BCUT2D eigenvalue weighted by molar-refractivity contribution is 6.32. The smallest absolute Gasteiger partial charge is 0.239 e. The third-order valence-electron chi connectivity index (χ3n) is 4.62. The van der Waals surface area contributed by atoms with Crippen molar-refractivity contribution < 1.29 is 14.3 Å². The molecule has 0 unspecified atom stereocenters. The average molecular weight is 368 g/mol. The fraction of sp³-hybridized carbons (Fsp3) is 0.556. The lowest BCUT2D eigenvalue weighted by Crippen LogP contribution is -2.54. The Hall–Kier alpha value is -1.79. The van der Waals surface area contributed by atoms with Crippen LogP contribution in [0, 0.1) is 5.41 Å². The summed E-state index contributed by atoms with van der Waals surface area (Å²) >= 11 is 6.08. The maximum Gasteiger partial charge on any atom is 0.239 e. The highest BCUT2D eigenvalue weighted by Crippen LogP contribution is 2.29. The van der Waals surface area contributed by atoms with E-state index in [2.05, 4.69) is 17.1 Å². The van der Waals surface area contributed by atoms with Gasteiger partial charge in [-0.2, -0.15) is 0 Å². The zero-order chi connectivity index (χ0) is 18.6. The van der Waals surface area contributed by atoms with Crippen molar-refractivity contribution >= 4 is 29.1 Å². The quantitative estimate of drug-likeness (QED) is 0.812. The first-order valence-electron chi connectivity index (χ1n) is 8.46. The summed E-state index contributed by atoms with van der Waals surface area (Å²) in [5.74, 6) is 0.0285. The summed E-state index contributed by atoms with van der Waals surface area (Å²) in [7, 11) is 1.53. The Bertz CT molecular complexity index is 640. The molecule has 1 heterocycles. The van der Waals surface area contributed by atoms with Crippen LogP contribution in [0.4, 0.5) is 5.69 Å². The number of amides is 2. The van der Waals surface area contributed by atoms with Crippen LogP contribution >= 0.6 is 11.6 Å². The number of hydrogen-bond acceptors (Lipinski definition) is 4. The summed E-state index contributed by atoms with van der Waals surface area (Å²) in [4.78, 5) is 29.5. The second-order valence-electron chi connectivity index (χ2n) is 6.65. The molecule has 1 saturated heterocycles. The first-order chi connectivity index (χ1) is 11.8. The number of carbonyl (C=O) groups excluding carboxylic acids is 2. The van der Waals surface area contributed by atoms with Gasteiger partial charge in [0.25, 0.3) is 0 Å². The number of benzene rings is 1. The fourth-order valence-electron chi connectivity index (χ4n) is 2.79. The van der Waals surface area contributed by atoms with Crippen LogP contribution in [0.5, 0.6) is 5.75 Å². The summed E-state index contributed by atoms with van der Waals surface area (Å²) in [6, 6.07) is 4.98. The lowest BCUT2D eigenvalue weighted by atomic mass is 9.89. The first-order valence-corrected chi connectivity index (χ1v) is 8.84. The van der Waals surface area contributed by atoms with E-state index in [1.807, 2.05) is 0 Å². The number of hydrogen-bond donors (Lipinski definition) is 1. The van der Waals surface area contributed by atoms with E-state index in [9.17, 15) is 9.59 Å². The number of nitrogens with one attached hydrogen (secondary N) is 1. The highest BCUT2D eigenvalue weighted by atomic mass is 35.5. The van der Waals surface area contributed by atoms with Crippen LogP contribution in [0.3, 0.4) is 0 Å². The van der Waals surface area contributed by atoms with E-state index in [-0.39, 0.29) is 11.8 Å². The molecule has 25 heavy (non-hydrogen) atoms. The van der Waals surface area contributed by atoms with Gasteiger partial charge in [0, 0.05) is 31.9 Å². The monoisotopic (exact) mass is 367 g/mol. The third kappa shape index (κ3) is 4.44. The molecule has 138 valence electrons. The van der Waals surface area contributed by atoms with Gasteiger partial charge < -0.3 is 19.9 Å². The van der Waals surface area contributed by atoms with E-state index in [0.29, 0.717) is 29.5 Å². The van der Waals surface area contributed by atoms with Gasteiger partial charge in [0.1, 0.15) is 11.2 Å². The molecule has 2 amide bonds. The Balaban J connectivity index is 2.04. The minimum atomic E-state index is -1.15. The van der Waals surface area contributed by atoms with Crippen molar-refractivity contribution in [3.63, 3.8) is 0 Å². The van der Waals surface area contributed by atoms with E-state index < -0.39 is 5.41 Å². The molecule has 1 fully saturated rings. The zero-order valence-electron chi connectivity index (χ0n) is 15.3. The number of methoxy groups -OCH3 is 1. The SMILES string of the molecule is CCN1CCN(C(=O)C(C)(C)C(=O)Nc2ccc(OC)c(Cl)c2)CC1. The molecule has 2 rings (SSSR count). The van der Waals surface area contributed by atoms with Crippen molar-refractivity contribution in [2.75, 3.05) is 45.2 Å². The van der Waals surface area contributed by atoms with Gasteiger partial charge in [-0.1, -0.05) is 18.5 Å². The van der Waals surface area contributed by atoms with Crippen molar-refractivity contribution in [3.05, 3.63) is 23.2 Å². The van der Waals surface area contributed by atoms with Crippen molar-refractivity contribution in [1.29, 1.82) is 0 Å².